The monoisotopic (exact) mass is 1920 g/mol. The third-order valence-electron chi connectivity index (χ3n) is 35.3. The van der Waals surface area contributed by atoms with Crippen molar-refractivity contribution in [1.29, 1.82) is 0 Å². The fraction of sp³-hybridized carbons (Fsp3) is 0.0870. The Kier molecular flexibility index (Phi) is 14.4. The van der Waals surface area contributed by atoms with E-state index in [4.69, 9.17) is 26.5 Å². The Morgan fingerprint density at radius 3 is 0.600 bits per heavy atom. The van der Waals surface area contributed by atoms with Crippen LogP contribution in [0.4, 0.5) is 0 Å². The first-order valence-corrected chi connectivity index (χ1v) is 52.8. The normalized spacial score (nSPS) is 13.3. The molecule has 0 bridgehead atoms. The van der Waals surface area contributed by atoms with Crippen LogP contribution in [0.1, 0.15) is 101 Å². The smallest absolute Gasteiger partial charge is 0.160 e. The Balaban J connectivity index is 0.0000000912. The second-order valence-electron chi connectivity index (χ2n) is 43.9. The molecule has 0 aliphatic carbocycles. The van der Waals surface area contributed by atoms with Gasteiger partial charge in [0, 0.05) is 183 Å². The minimum Gasteiger partial charge on any atom is -0.456 e. The zero-order chi connectivity index (χ0) is 98.0. The van der Waals surface area contributed by atoms with Gasteiger partial charge in [0.15, 0.2) is 22.3 Å². The van der Waals surface area contributed by atoms with E-state index < -0.39 is 0 Å². The maximum atomic E-state index is 6.81. The van der Waals surface area contributed by atoms with Crippen LogP contribution in [0.2, 0.25) is 0 Å². The maximum Gasteiger partial charge on any atom is 0.160 e. The molecular weight excluding hydrogens is 1840 g/mol. The van der Waals surface area contributed by atoms with Gasteiger partial charge in [-0.05, 0) is 143 Å². The summed E-state index contributed by atoms with van der Waals surface area (Å²) in [7, 11) is 0. The molecule has 39 rings (SSSR count). The van der Waals surface area contributed by atoms with Gasteiger partial charge in [0.2, 0.25) is 0 Å². The molecule has 0 aliphatic heterocycles. The summed E-state index contributed by atoms with van der Waals surface area (Å²) in [6.45, 7) is 19.0. The van der Waals surface area contributed by atoms with Crippen LogP contribution < -0.4 is 0 Å². The van der Waals surface area contributed by atoms with Crippen LogP contribution in [-0.2, 0) is 0 Å². The van der Waals surface area contributed by atoms with Gasteiger partial charge >= 0.3 is 0 Å². The zero-order valence-electron chi connectivity index (χ0n) is 82.8. The lowest BCUT2D eigenvalue weighted by atomic mass is 9.87. The summed E-state index contributed by atoms with van der Waals surface area (Å²) < 4.78 is 55.3. The number of benzene rings is 21. The Morgan fingerprint density at radius 2 is 0.327 bits per heavy atom. The average molecular weight is 1920 g/mol. The second kappa shape index (κ2) is 27.1. The van der Waals surface area contributed by atoms with Crippen molar-refractivity contribution in [2.75, 3.05) is 0 Å². The highest BCUT2D eigenvalue weighted by Crippen LogP contribution is 2.60. The van der Waals surface area contributed by atoms with Gasteiger partial charge in [0.1, 0.15) is 44.7 Å². The molecule has 0 radical (unpaired) electrons. The van der Waals surface area contributed by atoms with E-state index in [0.29, 0.717) is 0 Å². The van der Waals surface area contributed by atoms with Crippen molar-refractivity contribution in [2.45, 2.75) is 79.1 Å². The number of hydrogen-bond donors (Lipinski definition) is 0. The summed E-state index contributed by atoms with van der Waals surface area (Å²) in [6, 6.07) is 124. The lowest BCUT2D eigenvalue weighted by molar-refractivity contribution is 0.669. The first-order valence-electron chi connectivity index (χ1n) is 52.8. The van der Waals surface area contributed by atoms with Gasteiger partial charge in [-0.1, -0.05) is 298 Å². The van der Waals surface area contributed by atoms with Crippen LogP contribution in [0.15, 0.2) is 366 Å². The van der Waals surface area contributed by atoms with Gasteiger partial charge in [-0.15, -0.1) is 0 Å². The van der Waals surface area contributed by atoms with Gasteiger partial charge in [-0.2, -0.15) is 0 Å². The minimum atomic E-state index is 0.248. The van der Waals surface area contributed by atoms with Crippen LogP contribution in [-0.4, -0.2) is 26.4 Å². The quantitative estimate of drug-likeness (QED) is 0.174. The van der Waals surface area contributed by atoms with Gasteiger partial charge in [-0.25, -0.2) is 0 Å². The number of furan rings is 6. The Hall–Kier alpha value is -18.8. The third kappa shape index (κ3) is 9.17. The van der Waals surface area contributed by atoms with Crippen molar-refractivity contribution in [3.05, 3.63) is 362 Å². The van der Waals surface area contributed by atoms with E-state index >= 15 is 0 Å². The summed E-state index contributed by atoms with van der Waals surface area (Å²) >= 11 is 0. The van der Waals surface area contributed by atoms with Gasteiger partial charge < -0.3 is 52.9 Å². The van der Waals surface area contributed by atoms with E-state index in [1.54, 1.807) is 0 Å². The molecule has 702 valence electrons. The summed E-state index contributed by atoms with van der Waals surface area (Å²) in [5.41, 5.74) is 39.3. The van der Waals surface area contributed by atoms with Crippen molar-refractivity contribution in [1.82, 2.24) is 26.4 Å². The Labute approximate surface area is 848 Å². The molecule has 0 amide bonds. The average Bonchev–Trinajstić information content (AvgIpc) is 1.48. The largest absolute Gasteiger partial charge is 0.456 e. The van der Waals surface area contributed by atoms with Crippen molar-refractivity contribution in [3.8, 4) is 0 Å². The molecule has 0 spiro atoms. The molecule has 0 saturated carbocycles. The van der Waals surface area contributed by atoms with E-state index in [1.807, 2.05) is 12.1 Å². The molecule has 18 heterocycles. The van der Waals surface area contributed by atoms with Gasteiger partial charge in [0.25, 0.3) is 0 Å². The number of rotatable bonds is 4. The van der Waals surface area contributed by atoms with Crippen molar-refractivity contribution in [2.24, 2.45) is 0 Å². The molecule has 18 aromatic heterocycles. The SMILES string of the molecule is CC(C)c1c2c3cccc4c5ccc6c7ccccc7oc6c5n(c2c(C(C)C)c2c5cccc6c7ccc8c9ccccc9oc8c7n(c12)c65)c43.CC(C)c1c2c3cccc4c5ccc6oc7ccccc7c6c5n(c2c(C(C)C)c2c5cccc6c7ccc8oc9ccccc9c8c7n(c12)c65)c43.c1ccc2c(c1)oc1c2ccc2c3cccc4c5cc6c(cc5n(c43)c21)c1cccc2c3ccc4c5ccccc5oc4c3n6c12. The van der Waals surface area contributed by atoms with Crippen LogP contribution in [0.3, 0.4) is 0 Å². The molecule has 0 fully saturated rings. The highest BCUT2D eigenvalue weighted by atomic mass is 16.4. The number of nitrogens with zero attached hydrogens (tertiary/aromatic N) is 6. The summed E-state index contributed by atoms with van der Waals surface area (Å²) in [5, 5.41) is 44.8. The third-order valence-corrected chi connectivity index (χ3v) is 35.3. The standard InChI is InChI=1S/2C48H32N2O2.C42H20N2O2/c1-23(2)37-41-31-15-9-13-25-28-20-22-36-40(30-12-6-8-18-34(30)52-36)46(28)50(43(25)31)48(41)38(24(3)4)42-32-16-10-14-26-27-19-21-35-39(29-11-5-7-17-33(29)51-35)45(27)49(44(26)32)47(37)42;1-23(2)37-39-33-15-9-13-27-30-20-22-32-26-12-6-8-18-36(26)52-48(32)44(30)50(41(27)33)46(39)38(24(3)4)40-34-16-10-14-28-29-19-21-31-25-11-5-7-17-35(25)51-47(31)43(29)49(42(28)34)45(37)40;1-3-13-35-21(7-1)29-17-15-27-23-9-5-11-25-31-20-34-32(19-33(31)43(37(23)25)39(27)41(29)45-35)26-12-6-10-24-28-16-18-30-22-8-2-4-14-36(22)46-42(30)40(28)44(34)38(24)26/h2*5-24H,1-4H3;1-20H. The van der Waals surface area contributed by atoms with Crippen LogP contribution in [0.25, 0.3) is 360 Å². The predicted molar refractivity (Wildman–Crippen MR) is 627 cm³/mol. The zero-order valence-corrected chi connectivity index (χ0v) is 82.8. The van der Waals surface area contributed by atoms with Crippen LogP contribution in [0.5, 0.6) is 0 Å². The molecule has 0 saturated heterocycles. The molecular formula is C138H84N6O6. The molecule has 12 nitrogen and oxygen atoms in total. The number of hydrogen-bond acceptors (Lipinski definition) is 6. The summed E-state index contributed by atoms with van der Waals surface area (Å²) in [4.78, 5) is 0. The lowest BCUT2D eigenvalue weighted by Crippen LogP contribution is -2.01. The van der Waals surface area contributed by atoms with Crippen LogP contribution in [0, 0.1) is 0 Å². The predicted octanol–water partition coefficient (Wildman–Crippen LogP) is 39.9. The first kappa shape index (κ1) is 79.6. The highest BCUT2D eigenvalue weighted by Gasteiger charge is 2.38. The Morgan fingerprint density at radius 1 is 0.133 bits per heavy atom. The molecule has 0 N–H and O–H groups in total. The second-order valence-corrected chi connectivity index (χ2v) is 43.9. The maximum absolute atomic E-state index is 6.81. The molecule has 0 atom stereocenters. The first-order chi connectivity index (χ1) is 73.8. The van der Waals surface area contributed by atoms with Crippen molar-refractivity contribution >= 4 is 360 Å². The van der Waals surface area contributed by atoms with E-state index in [0.717, 1.165) is 143 Å². The fourth-order valence-electron chi connectivity index (χ4n) is 29.8. The minimum absolute atomic E-state index is 0.248. The molecule has 12 heteroatoms. The van der Waals surface area contributed by atoms with E-state index in [1.165, 1.54) is 240 Å². The topological polar surface area (TPSA) is 105 Å². The van der Waals surface area contributed by atoms with Crippen molar-refractivity contribution < 1.29 is 26.5 Å². The molecule has 39 aromatic rings. The molecule has 150 heavy (non-hydrogen) atoms. The number of aromatic nitrogens is 6. The Bertz CT molecular complexity index is 12400. The fourth-order valence-corrected chi connectivity index (χ4v) is 29.8. The summed E-state index contributed by atoms with van der Waals surface area (Å²) in [6.07, 6.45) is 0. The van der Waals surface area contributed by atoms with Crippen molar-refractivity contribution in [3.63, 3.8) is 0 Å². The van der Waals surface area contributed by atoms with Gasteiger partial charge in [-0.3, -0.25) is 0 Å². The highest BCUT2D eigenvalue weighted by molar-refractivity contribution is 6.41. The molecule has 21 aromatic carbocycles. The van der Waals surface area contributed by atoms with Gasteiger partial charge in [0.05, 0.1) is 110 Å². The lowest BCUT2D eigenvalue weighted by Gasteiger charge is -2.19. The van der Waals surface area contributed by atoms with Crippen LogP contribution >= 0.6 is 0 Å². The molecule has 0 unspecified atom stereocenters. The van der Waals surface area contributed by atoms with E-state index in [2.05, 4.69) is 409 Å². The molecule has 0 aliphatic rings. The van der Waals surface area contributed by atoms with E-state index in [-0.39, 0.29) is 23.7 Å². The van der Waals surface area contributed by atoms with E-state index in [9.17, 15) is 0 Å². The number of para-hydroxylation sites is 12. The summed E-state index contributed by atoms with van der Waals surface area (Å²) in [5.74, 6) is 1.01. The number of fused-ring (bicyclic) bond motifs is 60.